The first-order chi connectivity index (χ1) is 10.1. The third kappa shape index (κ3) is 3.99. The Labute approximate surface area is 124 Å². The van der Waals surface area contributed by atoms with Gasteiger partial charge < -0.3 is 9.47 Å². The van der Waals surface area contributed by atoms with Crippen molar-refractivity contribution in [3.63, 3.8) is 0 Å². The third-order valence-corrected chi connectivity index (χ3v) is 3.61. The van der Waals surface area contributed by atoms with E-state index in [1.165, 1.54) is 5.38 Å². The highest BCUT2D eigenvalue weighted by Gasteiger charge is 2.24. The molecule has 1 atom stereocenters. The number of nitrogens with one attached hydrogen (secondary N) is 2. The van der Waals surface area contributed by atoms with Gasteiger partial charge in [0.2, 0.25) is 10.9 Å². The van der Waals surface area contributed by atoms with Crippen LogP contribution >= 0.6 is 11.3 Å². The van der Waals surface area contributed by atoms with Crippen molar-refractivity contribution >= 4 is 29.1 Å². The maximum absolute atomic E-state index is 11.8. The largest absolute Gasteiger partial charge is 0.461 e. The SMILES string of the molecule is CCOC(=O)c1nc(C(=O)NNC(=O)C2CCOC2)cs1. The zero-order valence-corrected chi connectivity index (χ0v) is 12.2. The summed E-state index contributed by atoms with van der Waals surface area (Å²) in [6.07, 6.45) is 0.630. The summed E-state index contributed by atoms with van der Waals surface area (Å²) in [5.74, 6) is -1.72. The predicted octanol–water partition coefficient (Wildman–Crippen LogP) is 0.117. The number of rotatable bonds is 4. The monoisotopic (exact) mass is 313 g/mol. The second-order valence-corrected chi connectivity index (χ2v) is 5.12. The van der Waals surface area contributed by atoms with E-state index >= 15 is 0 Å². The van der Waals surface area contributed by atoms with Crippen molar-refractivity contribution in [2.24, 2.45) is 5.92 Å². The van der Waals surface area contributed by atoms with Gasteiger partial charge in [0.25, 0.3) is 5.91 Å². The molecule has 1 aromatic rings. The molecule has 1 aromatic heterocycles. The van der Waals surface area contributed by atoms with Crippen LogP contribution in [0.25, 0.3) is 0 Å². The molecule has 2 N–H and O–H groups in total. The quantitative estimate of drug-likeness (QED) is 0.604. The highest BCUT2D eigenvalue weighted by molar-refractivity contribution is 7.11. The minimum absolute atomic E-state index is 0.0472. The Morgan fingerprint density at radius 3 is 2.95 bits per heavy atom. The number of carbonyl (C=O) groups excluding carboxylic acids is 3. The van der Waals surface area contributed by atoms with Gasteiger partial charge in [-0.05, 0) is 13.3 Å². The van der Waals surface area contributed by atoms with E-state index in [-0.39, 0.29) is 29.1 Å². The van der Waals surface area contributed by atoms with Gasteiger partial charge in [-0.15, -0.1) is 11.3 Å². The van der Waals surface area contributed by atoms with E-state index in [1.807, 2.05) is 0 Å². The van der Waals surface area contributed by atoms with Crippen LogP contribution in [0.4, 0.5) is 0 Å². The molecule has 1 aliphatic rings. The molecule has 1 saturated heterocycles. The predicted molar refractivity (Wildman–Crippen MR) is 72.6 cm³/mol. The van der Waals surface area contributed by atoms with E-state index in [9.17, 15) is 14.4 Å². The van der Waals surface area contributed by atoms with Crippen molar-refractivity contribution in [3.8, 4) is 0 Å². The molecule has 0 aromatic carbocycles. The second-order valence-electron chi connectivity index (χ2n) is 4.26. The zero-order chi connectivity index (χ0) is 15.2. The number of hydrazine groups is 1. The Kier molecular flexibility index (Phi) is 5.23. The number of aromatic nitrogens is 1. The van der Waals surface area contributed by atoms with Crippen LogP contribution in [-0.4, -0.2) is 42.6 Å². The van der Waals surface area contributed by atoms with Crippen LogP contribution in [0.2, 0.25) is 0 Å². The first-order valence-electron chi connectivity index (χ1n) is 6.42. The van der Waals surface area contributed by atoms with Gasteiger partial charge in [-0.2, -0.15) is 0 Å². The number of hydrogen-bond acceptors (Lipinski definition) is 7. The summed E-state index contributed by atoms with van der Waals surface area (Å²) in [5, 5.41) is 1.52. The maximum atomic E-state index is 11.8. The van der Waals surface area contributed by atoms with Gasteiger partial charge in [0, 0.05) is 12.0 Å². The van der Waals surface area contributed by atoms with Crippen LogP contribution in [-0.2, 0) is 14.3 Å². The van der Waals surface area contributed by atoms with Crippen LogP contribution in [0, 0.1) is 5.92 Å². The van der Waals surface area contributed by atoms with E-state index in [0.29, 0.717) is 19.6 Å². The molecule has 0 saturated carbocycles. The molecule has 114 valence electrons. The zero-order valence-electron chi connectivity index (χ0n) is 11.4. The number of esters is 1. The molecular formula is C12H15N3O5S. The molecular weight excluding hydrogens is 298 g/mol. The maximum Gasteiger partial charge on any atom is 0.367 e. The van der Waals surface area contributed by atoms with Gasteiger partial charge in [0.05, 0.1) is 19.1 Å². The van der Waals surface area contributed by atoms with Crippen molar-refractivity contribution < 1.29 is 23.9 Å². The number of thiazole rings is 1. The van der Waals surface area contributed by atoms with E-state index in [1.54, 1.807) is 6.92 Å². The molecule has 1 aliphatic heterocycles. The lowest BCUT2D eigenvalue weighted by Gasteiger charge is -2.09. The summed E-state index contributed by atoms with van der Waals surface area (Å²) < 4.78 is 9.87. The van der Waals surface area contributed by atoms with E-state index in [4.69, 9.17) is 9.47 Å². The van der Waals surface area contributed by atoms with E-state index in [2.05, 4.69) is 15.8 Å². The Bertz CT molecular complexity index is 539. The summed E-state index contributed by atoms with van der Waals surface area (Å²) >= 11 is 1.01. The fourth-order valence-electron chi connectivity index (χ4n) is 1.69. The van der Waals surface area contributed by atoms with Crippen LogP contribution in [0.1, 0.15) is 33.6 Å². The van der Waals surface area contributed by atoms with Crippen molar-refractivity contribution in [2.75, 3.05) is 19.8 Å². The highest BCUT2D eigenvalue weighted by atomic mass is 32.1. The van der Waals surface area contributed by atoms with Crippen LogP contribution in [0.5, 0.6) is 0 Å². The summed E-state index contributed by atoms with van der Waals surface area (Å²) in [4.78, 5) is 38.8. The van der Waals surface area contributed by atoms with Crippen molar-refractivity contribution in [2.45, 2.75) is 13.3 Å². The molecule has 2 heterocycles. The standard InChI is InChI=1S/C12H15N3O5S/c1-2-20-12(18)11-13-8(6-21-11)10(17)15-14-9(16)7-3-4-19-5-7/h6-7H,2-5H2,1H3,(H,14,16)(H,15,17). The molecule has 2 amide bonds. The molecule has 0 aliphatic carbocycles. The number of ether oxygens (including phenoxy) is 2. The number of nitrogens with zero attached hydrogens (tertiary/aromatic N) is 1. The van der Waals surface area contributed by atoms with E-state index in [0.717, 1.165) is 11.3 Å². The lowest BCUT2D eigenvalue weighted by molar-refractivity contribution is -0.125. The fraction of sp³-hybridized carbons (Fsp3) is 0.500. The number of carbonyl (C=O) groups is 3. The summed E-state index contributed by atoms with van der Waals surface area (Å²) in [6.45, 7) is 2.81. The Morgan fingerprint density at radius 1 is 1.48 bits per heavy atom. The van der Waals surface area contributed by atoms with Crippen molar-refractivity contribution in [1.82, 2.24) is 15.8 Å². The molecule has 2 rings (SSSR count). The van der Waals surface area contributed by atoms with Gasteiger partial charge in [0.15, 0.2) is 0 Å². The van der Waals surface area contributed by atoms with Crippen LogP contribution in [0.3, 0.4) is 0 Å². The molecule has 1 fully saturated rings. The number of amides is 2. The average molecular weight is 313 g/mol. The first-order valence-corrected chi connectivity index (χ1v) is 7.30. The van der Waals surface area contributed by atoms with Crippen LogP contribution in [0.15, 0.2) is 5.38 Å². The van der Waals surface area contributed by atoms with Gasteiger partial charge in [-0.1, -0.05) is 0 Å². The number of hydrogen-bond donors (Lipinski definition) is 2. The summed E-state index contributed by atoms with van der Waals surface area (Å²) in [7, 11) is 0. The molecule has 1 unspecified atom stereocenters. The minimum atomic E-state index is -0.589. The third-order valence-electron chi connectivity index (χ3n) is 2.79. The Morgan fingerprint density at radius 2 is 2.29 bits per heavy atom. The van der Waals surface area contributed by atoms with Gasteiger partial charge in [-0.3, -0.25) is 20.4 Å². The summed E-state index contributed by atoms with van der Waals surface area (Å²) in [6, 6.07) is 0. The Balaban J connectivity index is 1.85. The van der Waals surface area contributed by atoms with Crippen LogP contribution < -0.4 is 10.9 Å². The smallest absolute Gasteiger partial charge is 0.367 e. The second kappa shape index (κ2) is 7.14. The van der Waals surface area contributed by atoms with Gasteiger partial charge in [-0.25, -0.2) is 9.78 Å². The minimum Gasteiger partial charge on any atom is -0.461 e. The molecule has 8 nitrogen and oxygen atoms in total. The lowest BCUT2D eigenvalue weighted by Crippen LogP contribution is -2.44. The molecule has 0 bridgehead atoms. The van der Waals surface area contributed by atoms with Crippen molar-refractivity contribution in [1.29, 1.82) is 0 Å². The Hall–Kier alpha value is -2.00. The summed E-state index contributed by atoms with van der Waals surface area (Å²) in [5.41, 5.74) is 4.62. The molecule has 21 heavy (non-hydrogen) atoms. The van der Waals surface area contributed by atoms with E-state index < -0.39 is 11.9 Å². The molecule has 0 spiro atoms. The fourth-order valence-corrected chi connectivity index (χ4v) is 2.38. The van der Waals surface area contributed by atoms with Gasteiger partial charge in [0.1, 0.15) is 5.69 Å². The lowest BCUT2D eigenvalue weighted by atomic mass is 10.1. The van der Waals surface area contributed by atoms with Gasteiger partial charge >= 0.3 is 5.97 Å². The highest BCUT2D eigenvalue weighted by Crippen LogP contribution is 2.12. The topological polar surface area (TPSA) is 107 Å². The first kappa shape index (κ1) is 15.4. The average Bonchev–Trinajstić information content (AvgIpc) is 3.15. The normalized spacial score (nSPS) is 17.3. The molecule has 9 heteroatoms. The van der Waals surface area contributed by atoms with Crippen molar-refractivity contribution in [3.05, 3.63) is 16.1 Å². The molecule has 0 radical (unpaired) electrons.